The normalized spacial score (nSPS) is 18.7. The van der Waals surface area contributed by atoms with Gasteiger partial charge in [-0.1, -0.05) is 71.4 Å². The van der Waals surface area contributed by atoms with Gasteiger partial charge in [0.15, 0.2) is 5.65 Å². The predicted octanol–water partition coefficient (Wildman–Crippen LogP) is 7.44. The summed E-state index contributed by atoms with van der Waals surface area (Å²) in [6, 6.07) is 8.32. The van der Waals surface area contributed by atoms with Crippen LogP contribution in [0.25, 0.3) is 28.0 Å². The summed E-state index contributed by atoms with van der Waals surface area (Å²) in [5.41, 5.74) is 6.99. The summed E-state index contributed by atoms with van der Waals surface area (Å²) in [5.74, 6) is 2.14. The maximum absolute atomic E-state index is 4.83. The number of aromatic amines is 1. The van der Waals surface area contributed by atoms with Crippen LogP contribution in [-0.4, -0.2) is 15.0 Å². The van der Waals surface area contributed by atoms with Gasteiger partial charge in [-0.15, -0.1) is 0 Å². The summed E-state index contributed by atoms with van der Waals surface area (Å²) >= 11 is 0. The van der Waals surface area contributed by atoms with Crippen molar-refractivity contribution < 1.29 is 0 Å². The highest BCUT2D eigenvalue weighted by Crippen LogP contribution is 2.36. The minimum atomic E-state index is -0.00383. The van der Waals surface area contributed by atoms with Gasteiger partial charge < -0.3 is 4.98 Å². The molecule has 3 aromatic rings. The van der Waals surface area contributed by atoms with Gasteiger partial charge in [-0.05, 0) is 48.7 Å². The summed E-state index contributed by atoms with van der Waals surface area (Å²) in [4.78, 5) is 12.5. The molecule has 0 atom stereocenters. The molecular formula is C26H35N3. The Morgan fingerprint density at radius 3 is 2.52 bits per heavy atom. The average Bonchev–Trinajstić information content (AvgIpc) is 3.07. The first-order valence-corrected chi connectivity index (χ1v) is 10.8. The number of aromatic nitrogens is 3. The van der Waals surface area contributed by atoms with Gasteiger partial charge in [-0.2, -0.15) is 0 Å². The Morgan fingerprint density at radius 2 is 1.97 bits per heavy atom. The van der Waals surface area contributed by atoms with Crippen LogP contribution in [0.15, 0.2) is 43.2 Å². The van der Waals surface area contributed by atoms with Crippen molar-refractivity contribution in [3.8, 4) is 11.3 Å². The molecular weight excluding hydrogens is 354 g/mol. The third-order valence-electron chi connectivity index (χ3n) is 5.97. The Bertz CT molecular complexity index is 985. The standard InChI is InChI=1S/C19H21N3.C7H14/c1-12-7-6-8-14(9-12)16-11-21-18-17(22-16)15(10-20-18)13(2)19(3,4)5;1-3-7-4-6(2)5-7/h6-11H,2H2,1,3-5H3,(H,20,21);6-7H,3-5H2,1-2H3. The SMILES string of the molecule is C=C(c1c[nH]c2ncc(-c3cccc(C)c3)nc12)C(C)(C)C.CCC1CC(C)C1. The van der Waals surface area contributed by atoms with Crippen LogP contribution in [0.4, 0.5) is 0 Å². The van der Waals surface area contributed by atoms with Crippen LogP contribution >= 0.6 is 0 Å². The van der Waals surface area contributed by atoms with Crippen molar-refractivity contribution in [2.75, 3.05) is 0 Å². The average molecular weight is 390 g/mol. The second-order valence-electron chi connectivity index (χ2n) is 9.60. The molecule has 2 heterocycles. The zero-order valence-electron chi connectivity index (χ0n) is 18.8. The van der Waals surface area contributed by atoms with Crippen molar-refractivity contribution in [2.45, 2.75) is 60.8 Å². The molecule has 1 aliphatic carbocycles. The Morgan fingerprint density at radius 1 is 1.24 bits per heavy atom. The number of nitrogens with zero attached hydrogens (tertiary/aromatic N) is 2. The monoisotopic (exact) mass is 389 g/mol. The molecule has 0 bridgehead atoms. The van der Waals surface area contributed by atoms with Crippen LogP contribution in [0.3, 0.4) is 0 Å². The van der Waals surface area contributed by atoms with E-state index in [1.807, 2.05) is 18.5 Å². The van der Waals surface area contributed by atoms with E-state index in [1.165, 1.54) is 24.8 Å². The Kier molecular flexibility index (Phi) is 6.26. The second-order valence-corrected chi connectivity index (χ2v) is 9.60. The molecule has 1 fully saturated rings. The molecule has 0 spiro atoms. The van der Waals surface area contributed by atoms with Gasteiger partial charge in [0, 0.05) is 17.3 Å². The Labute approximate surface area is 175 Å². The van der Waals surface area contributed by atoms with Crippen LogP contribution in [-0.2, 0) is 0 Å². The van der Waals surface area contributed by atoms with Gasteiger partial charge in [0.05, 0.1) is 11.9 Å². The highest BCUT2D eigenvalue weighted by Gasteiger charge is 2.22. The zero-order chi connectivity index (χ0) is 21.2. The van der Waals surface area contributed by atoms with Gasteiger partial charge >= 0.3 is 0 Å². The van der Waals surface area contributed by atoms with E-state index in [1.54, 1.807) is 0 Å². The van der Waals surface area contributed by atoms with E-state index in [-0.39, 0.29) is 5.41 Å². The highest BCUT2D eigenvalue weighted by molar-refractivity contribution is 5.89. The molecule has 3 heteroatoms. The van der Waals surface area contributed by atoms with Crippen LogP contribution in [0, 0.1) is 24.2 Å². The lowest BCUT2D eigenvalue weighted by molar-refractivity contribution is 0.206. The lowest BCUT2D eigenvalue weighted by Crippen LogP contribution is -2.19. The number of rotatable bonds is 3. The Hall–Kier alpha value is -2.42. The van der Waals surface area contributed by atoms with Gasteiger partial charge in [0.1, 0.15) is 5.52 Å². The molecule has 0 saturated heterocycles. The lowest BCUT2D eigenvalue weighted by atomic mass is 9.75. The predicted molar refractivity (Wildman–Crippen MR) is 125 cm³/mol. The summed E-state index contributed by atoms with van der Waals surface area (Å²) in [6.45, 7) is 17.4. The molecule has 0 amide bonds. The highest BCUT2D eigenvalue weighted by atomic mass is 14.9. The summed E-state index contributed by atoms with van der Waals surface area (Å²) < 4.78 is 0. The van der Waals surface area contributed by atoms with E-state index in [4.69, 9.17) is 4.98 Å². The molecule has 0 unspecified atom stereocenters. The van der Waals surface area contributed by atoms with Crippen molar-refractivity contribution in [2.24, 2.45) is 17.3 Å². The second kappa shape index (κ2) is 8.52. The number of aryl methyl sites for hydroxylation is 1. The zero-order valence-corrected chi connectivity index (χ0v) is 18.8. The largest absolute Gasteiger partial charge is 0.344 e. The van der Waals surface area contributed by atoms with Crippen LogP contribution in [0.2, 0.25) is 0 Å². The van der Waals surface area contributed by atoms with E-state index in [0.717, 1.165) is 45.4 Å². The van der Waals surface area contributed by atoms with Crippen LogP contribution < -0.4 is 0 Å². The number of H-pyrrole nitrogens is 1. The van der Waals surface area contributed by atoms with Gasteiger partial charge in [0.25, 0.3) is 0 Å². The third-order valence-corrected chi connectivity index (χ3v) is 5.97. The Balaban J connectivity index is 0.000000290. The number of fused-ring (bicyclic) bond motifs is 1. The summed E-state index contributed by atoms with van der Waals surface area (Å²) in [6.07, 6.45) is 8.17. The van der Waals surface area contributed by atoms with Crippen molar-refractivity contribution in [3.63, 3.8) is 0 Å². The quantitative estimate of drug-likeness (QED) is 0.506. The third kappa shape index (κ3) is 4.95. The minimum Gasteiger partial charge on any atom is -0.344 e. The van der Waals surface area contributed by atoms with Crippen molar-refractivity contribution in [1.29, 1.82) is 0 Å². The number of hydrogen-bond donors (Lipinski definition) is 1. The fraction of sp³-hybridized carbons (Fsp3) is 0.462. The first-order chi connectivity index (χ1) is 13.7. The maximum Gasteiger partial charge on any atom is 0.156 e. The molecule has 4 rings (SSSR count). The molecule has 0 radical (unpaired) electrons. The molecule has 154 valence electrons. The molecule has 3 nitrogen and oxygen atoms in total. The van der Waals surface area contributed by atoms with Crippen molar-refractivity contribution in [3.05, 3.63) is 54.4 Å². The lowest BCUT2D eigenvalue weighted by Gasteiger charge is -2.31. The van der Waals surface area contributed by atoms with Crippen molar-refractivity contribution in [1.82, 2.24) is 15.0 Å². The van der Waals surface area contributed by atoms with Gasteiger partial charge in [-0.25, -0.2) is 9.97 Å². The maximum atomic E-state index is 4.83. The van der Waals surface area contributed by atoms with Gasteiger partial charge in [-0.3, -0.25) is 0 Å². The molecule has 0 aliphatic heterocycles. The molecule has 29 heavy (non-hydrogen) atoms. The number of benzene rings is 1. The van der Waals surface area contributed by atoms with E-state index in [0.29, 0.717) is 0 Å². The van der Waals surface area contributed by atoms with E-state index in [2.05, 4.69) is 76.3 Å². The van der Waals surface area contributed by atoms with Crippen LogP contribution in [0.1, 0.15) is 65.0 Å². The molecule has 1 aliphatic rings. The first-order valence-electron chi connectivity index (χ1n) is 10.8. The summed E-state index contributed by atoms with van der Waals surface area (Å²) in [5, 5.41) is 0. The molecule has 1 aromatic carbocycles. The first kappa shape index (κ1) is 21.3. The van der Waals surface area contributed by atoms with Gasteiger partial charge in [0.2, 0.25) is 0 Å². The van der Waals surface area contributed by atoms with E-state index >= 15 is 0 Å². The molecule has 1 N–H and O–H groups in total. The smallest absolute Gasteiger partial charge is 0.156 e. The fourth-order valence-corrected chi connectivity index (χ4v) is 3.87. The molecule has 1 saturated carbocycles. The number of nitrogens with one attached hydrogen (secondary N) is 1. The number of hydrogen-bond acceptors (Lipinski definition) is 2. The van der Waals surface area contributed by atoms with Crippen LogP contribution in [0.5, 0.6) is 0 Å². The minimum absolute atomic E-state index is 0.00383. The molecule has 2 aromatic heterocycles. The number of allylic oxidation sites excluding steroid dienone is 1. The van der Waals surface area contributed by atoms with E-state index in [9.17, 15) is 0 Å². The fourth-order valence-electron chi connectivity index (χ4n) is 3.87. The van der Waals surface area contributed by atoms with Crippen molar-refractivity contribution >= 4 is 16.7 Å². The topological polar surface area (TPSA) is 41.6 Å². The summed E-state index contributed by atoms with van der Waals surface area (Å²) in [7, 11) is 0. The van der Waals surface area contributed by atoms with E-state index < -0.39 is 0 Å².